The molecule has 0 spiro atoms. The van der Waals surface area contributed by atoms with E-state index < -0.39 is 0 Å². The van der Waals surface area contributed by atoms with E-state index in [9.17, 15) is 4.79 Å². The van der Waals surface area contributed by atoms with Gasteiger partial charge in [0.1, 0.15) is 12.1 Å². The van der Waals surface area contributed by atoms with Crippen molar-refractivity contribution in [2.45, 2.75) is 25.8 Å². The second kappa shape index (κ2) is 6.13. The predicted molar refractivity (Wildman–Crippen MR) is 82.8 cm³/mol. The number of aromatic nitrogens is 4. The summed E-state index contributed by atoms with van der Waals surface area (Å²) in [7, 11) is 1.88. The van der Waals surface area contributed by atoms with E-state index in [1.165, 1.54) is 0 Å². The van der Waals surface area contributed by atoms with Crippen LogP contribution in [0.15, 0.2) is 30.9 Å². The molecule has 1 aliphatic heterocycles. The average Bonchev–Trinajstić information content (AvgIpc) is 3.09. The molecule has 0 aromatic carbocycles. The van der Waals surface area contributed by atoms with Gasteiger partial charge < -0.3 is 9.80 Å². The van der Waals surface area contributed by atoms with Crippen LogP contribution in [0.25, 0.3) is 5.82 Å². The first-order valence-electron chi connectivity index (χ1n) is 7.45. The molecule has 3 heterocycles. The fourth-order valence-electron chi connectivity index (χ4n) is 2.78. The average molecular weight is 300 g/mol. The highest BCUT2D eigenvalue weighted by Crippen LogP contribution is 2.21. The van der Waals surface area contributed by atoms with Crippen LogP contribution in [0.2, 0.25) is 0 Å². The van der Waals surface area contributed by atoms with E-state index in [0.717, 1.165) is 37.6 Å². The molecule has 3 rings (SSSR count). The minimum atomic E-state index is 0.126. The van der Waals surface area contributed by atoms with Gasteiger partial charge >= 0.3 is 0 Å². The molecule has 0 radical (unpaired) electrons. The monoisotopic (exact) mass is 300 g/mol. The summed E-state index contributed by atoms with van der Waals surface area (Å²) < 4.78 is 1.72. The van der Waals surface area contributed by atoms with Crippen molar-refractivity contribution in [3.05, 3.63) is 30.9 Å². The van der Waals surface area contributed by atoms with Crippen LogP contribution in [-0.4, -0.2) is 56.7 Å². The molecule has 2 aromatic rings. The molecule has 0 N–H and O–H groups in total. The second-order valence-corrected chi connectivity index (χ2v) is 5.53. The smallest absolute Gasteiger partial charge is 0.219 e. The molecule has 0 bridgehead atoms. The third-order valence-corrected chi connectivity index (χ3v) is 4.21. The maximum absolute atomic E-state index is 11.5. The van der Waals surface area contributed by atoms with Gasteiger partial charge in [0.25, 0.3) is 0 Å². The van der Waals surface area contributed by atoms with Crippen LogP contribution in [0, 0.1) is 0 Å². The van der Waals surface area contributed by atoms with Crippen molar-refractivity contribution in [3.63, 3.8) is 0 Å². The molecule has 116 valence electrons. The van der Waals surface area contributed by atoms with E-state index in [-0.39, 0.29) is 5.91 Å². The van der Waals surface area contributed by atoms with E-state index in [0.29, 0.717) is 6.04 Å². The van der Waals surface area contributed by atoms with Crippen molar-refractivity contribution < 1.29 is 4.79 Å². The van der Waals surface area contributed by atoms with E-state index >= 15 is 0 Å². The topological polar surface area (TPSA) is 67.2 Å². The largest absolute Gasteiger partial charge is 0.356 e. The Morgan fingerprint density at radius 1 is 1.27 bits per heavy atom. The van der Waals surface area contributed by atoms with Crippen LogP contribution >= 0.6 is 0 Å². The fourth-order valence-corrected chi connectivity index (χ4v) is 2.78. The molecule has 0 aliphatic carbocycles. The van der Waals surface area contributed by atoms with Gasteiger partial charge in [-0.3, -0.25) is 4.79 Å². The number of rotatable bonds is 3. The van der Waals surface area contributed by atoms with Crippen molar-refractivity contribution in [1.82, 2.24) is 24.6 Å². The first-order valence-corrected chi connectivity index (χ1v) is 7.45. The highest BCUT2D eigenvalue weighted by Gasteiger charge is 2.24. The maximum Gasteiger partial charge on any atom is 0.219 e. The van der Waals surface area contributed by atoms with Gasteiger partial charge in [-0.1, -0.05) is 0 Å². The number of carbonyl (C=O) groups excluding carboxylic acids is 1. The Hall–Kier alpha value is -2.44. The maximum atomic E-state index is 11.5. The van der Waals surface area contributed by atoms with Gasteiger partial charge in [0.15, 0.2) is 5.82 Å². The Labute approximate surface area is 129 Å². The number of hydrogen-bond donors (Lipinski definition) is 0. The SMILES string of the molecule is CC(=O)N(C)C1CCN(c2cc(-n3cccn3)ncn2)CC1. The van der Waals surface area contributed by atoms with E-state index in [1.54, 1.807) is 24.1 Å². The highest BCUT2D eigenvalue weighted by atomic mass is 16.2. The first-order chi connectivity index (χ1) is 10.6. The Kier molecular flexibility index (Phi) is 4.04. The summed E-state index contributed by atoms with van der Waals surface area (Å²) in [5.74, 6) is 1.80. The third-order valence-electron chi connectivity index (χ3n) is 4.21. The molecule has 0 unspecified atom stereocenters. The lowest BCUT2D eigenvalue weighted by Crippen LogP contribution is -2.45. The van der Waals surface area contributed by atoms with Crippen molar-refractivity contribution in [2.24, 2.45) is 0 Å². The lowest BCUT2D eigenvalue weighted by molar-refractivity contribution is -0.129. The summed E-state index contributed by atoms with van der Waals surface area (Å²) in [6.07, 6.45) is 7.07. The molecule has 0 atom stereocenters. The van der Waals surface area contributed by atoms with Gasteiger partial charge in [-0.15, -0.1) is 0 Å². The second-order valence-electron chi connectivity index (χ2n) is 5.53. The van der Waals surface area contributed by atoms with Crippen molar-refractivity contribution >= 4 is 11.7 Å². The van der Waals surface area contributed by atoms with E-state index in [2.05, 4.69) is 20.0 Å². The predicted octanol–water partition coefficient (Wildman–Crippen LogP) is 1.11. The molecule has 7 heteroatoms. The van der Waals surface area contributed by atoms with Gasteiger partial charge in [-0.05, 0) is 18.9 Å². The Bertz CT molecular complexity index is 633. The first kappa shape index (κ1) is 14.5. The normalized spacial score (nSPS) is 15.8. The lowest BCUT2D eigenvalue weighted by Gasteiger charge is -2.36. The number of amides is 1. The quantitative estimate of drug-likeness (QED) is 0.849. The van der Waals surface area contributed by atoms with Crippen molar-refractivity contribution in [1.29, 1.82) is 0 Å². The molecule has 1 aliphatic rings. The number of carbonyl (C=O) groups is 1. The van der Waals surface area contributed by atoms with Crippen LogP contribution in [0.3, 0.4) is 0 Å². The minimum Gasteiger partial charge on any atom is -0.356 e. The number of hydrogen-bond acceptors (Lipinski definition) is 5. The molecule has 1 fully saturated rings. The summed E-state index contributed by atoms with van der Waals surface area (Å²) in [5, 5.41) is 4.19. The Morgan fingerprint density at radius 3 is 2.64 bits per heavy atom. The van der Waals surface area contributed by atoms with E-state index in [1.807, 2.05) is 30.3 Å². The Morgan fingerprint density at radius 2 is 2.00 bits per heavy atom. The molecule has 1 saturated heterocycles. The van der Waals surface area contributed by atoms with Gasteiger partial charge in [-0.2, -0.15) is 5.10 Å². The molecule has 7 nitrogen and oxygen atoms in total. The summed E-state index contributed by atoms with van der Waals surface area (Å²) >= 11 is 0. The zero-order valence-electron chi connectivity index (χ0n) is 12.9. The fraction of sp³-hybridized carbons (Fsp3) is 0.467. The molecular weight excluding hydrogens is 280 g/mol. The third kappa shape index (κ3) is 2.93. The minimum absolute atomic E-state index is 0.126. The number of nitrogens with zero attached hydrogens (tertiary/aromatic N) is 6. The number of anilines is 1. The van der Waals surface area contributed by atoms with Crippen molar-refractivity contribution in [2.75, 3.05) is 25.0 Å². The summed E-state index contributed by atoms with van der Waals surface area (Å²) in [4.78, 5) is 24.2. The Balaban J connectivity index is 1.69. The van der Waals surface area contributed by atoms with Crippen LogP contribution in [0.5, 0.6) is 0 Å². The van der Waals surface area contributed by atoms with Crippen LogP contribution in [-0.2, 0) is 4.79 Å². The van der Waals surface area contributed by atoms with Gasteiger partial charge in [0, 0.05) is 51.6 Å². The van der Waals surface area contributed by atoms with Crippen LogP contribution in [0.1, 0.15) is 19.8 Å². The van der Waals surface area contributed by atoms with Gasteiger partial charge in [0.05, 0.1) is 0 Å². The molecular formula is C15H20N6O. The molecule has 0 saturated carbocycles. The molecule has 2 aromatic heterocycles. The van der Waals surface area contributed by atoms with Crippen LogP contribution in [0.4, 0.5) is 5.82 Å². The van der Waals surface area contributed by atoms with E-state index in [4.69, 9.17) is 0 Å². The molecule has 1 amide bonds. The highest BCUT2D eigenvalue weighted by molar-refractivity contribution is 5.73. The zero-order chi connectivity index (χ0) is 15.5. The lowest BCUT2D eigenvalue weighted by atomic mass is 10.0. The zero-order valence-corrected chi connectivity index (χ0v) is 12.9. The van der Waals surface area contributed by atoms with Gasteiger partial charge in [-0.25, -0.2) is 14.6 Å². The summed E-state index contributed by atoms with van der Waals surface area (Å²) in [5.41, 5.74) is 0. The van der Waals surface area contributed by atoms with Gasteiger partial charge in [0.2, 0.25) is 5.91 Å². The summed E-state index contributed by atoms with van der Waals surface area (Å²) in [6, 6.07) is 4.13. The standard InChI is InChI=1S/C15H20N6O/c1-12(22)19(2)13-4-8-20(9-5-13)14-10-15(17-11-16-14)21-7-3-6-18-21/h3,6-7,10-11,13H,4-5,8-9H2,1-2H3. The van der Waals surface area contributed by atoms with Crippen LogP contribution < -0.4 is 4.90 Å². The number of piperidine rings is 1. The molecule has 22 heavy (non-hydrogen) atoms. The van der Waals surface area contributed by atoms with Crippen molar-refractivity contribution in [3.8, 4) is 5.82 Å². The summed E-state index contributed by atoms with van der Waals surface area (Å²) in [6.45, 7) is 3.39.